The van der Waals surface area contributed by atoms with Crippen molar-refractivity contribution >= 4 is 5.69 Å². The molecule has 0 spiro atoms. The Morgan fingerprint density at radius 1 is 1.17 bits per heavy atom. The Labute approximate surface area is 111 Å². The molecule has 1 aromatic carbocycles. The van der Waals surface area contributed by atoms with Gasteiger partial charge in [-0.25, -0.2) is 0 Å². The van der Waals surface area contributed by atoms with E-state index in [9.17, 15) is 0 Å². The zero-order valence-corrected chi connectivity index (χ0v) is 11.9. The molecule has 0 aromatic heterocycles. The Morgan fingerprint density at radius 2 is 1.89 bits per heavy atom. The lowest BCUT2D eigenvalue weighted by molar-refractivity contribution is 0.373. The van der Waals surface area contributed by atoms with Crippen LogP contribution in [0.3, 0.4) is 0 Å². The Bertz CT molecular complexity index is 394. The summed E-state index contributed by atoms with van der Waals surface area (Å²) in [4.78, 5) is 0. The molecule has 1 N–H and O–H groups in total. The lowest BCUT2D eigenvalue weighted by atomic mass is 9.89. The van der Waals surface area contributed by atoms with Gasteiger partial charge in [0.25, 0.3) is 0 Å². The summed E-state index contributed by atoms with van der Waals surface area (Å²) in [7, 11) is 1.75. The van der Waals surface area contributed by atoms with Gasteiger partial charge in [0.15, 0.2) is 0 Å². The molecule has 0 aliphatic heterocycles. The third kappa shape index (κ3) is 2.98. The van der Waals surface area contributed by atoms with E-state index < -0.39 is 0 Å². The molecule has 2 rings (SSSR count). The molecule has 100 valence electrons. The standard InChI is InChI=1S/C16H25NO/c1-12-9-10-15(13(2)16(12)18-3)17-11-14-7-5-4-6-8-14/h9-10,14,17H,4-8,11H2,1-3H3. The van der Waals surface area contributed by atoms with Gasteiger partial charge < -0.3 is 10.1 Å². The monoisotopic (exact) mass is 247 g/mol. The van der Waals surface area contributed by atoms with Crippen molar-refractivity contribution in [1.82, 2.24) is 0 Å². The molecule has 1 saturated carbocycles. The van der Waals surface area contributed by atoms with Crippen LogP contribution in [-0.2, 0) is 0 Å². The van der Waals surface area contributed by atoms with Crippen molar-refractivity contribution < 1.29 is 4.74 Å². The second kappa shape index (κ2) is 6.12. The minimum absolute atomic E-state index is 0.852. The summed E-state index contributed by atoms with van der Waals surface area (Å²) in [5, 5.41) is 3.60. The number of hydrogen-bond acceptors (Lipinski definition) is 2. The maximum absolute atomic E-state index is 5.47. The van der Waals surface area contributed by atoms with Crippen molar-refractivity contribution in [2.75, 3.05) is 19.0 Å². The number of anilines is 1. The Balaban J connectivity index is 2.00. The molecule has 0 amide bonds. The summed E-state index contributed by atoms with van der Waals surface area (Å²) < 4.78 is 5.47. The van der Waals surface area contributed by atoms with Gasteiger partial charge in [0, 0.05) is 17.8 Å². The number of methoxy groups -OCH3 is 1. The fourth-order valence-electron chi connectivity index (χ4n) is 2.98. The summed E-state index contributed by atoms with van der Waals surface area (Å²) in [6.45, 7) is 5.33. The zero-order valence-electron chi connectivity index (χ0n) is 11.9. The van der Waals surface area contributed by atoms with Crippen molar-refractivity contribution in [3.63, 3.8) is 0 Å². The lowest BCUT2D eigenvalue weighted by Crippen LogP contribution is -2.17. The fourth-order valence-corrected chi connectivity index (χ4v) is 2.98. The molecule has 18 heavy (non-hydrogen) atoms. The lowest BCUT2D eigenvalue weighted by Gasteiger charge is -2.23. The van der Waals surface area contributed by atoms with Gasteiger partial charge in [-0.2, -0.15) is 0 Å². The van der Waals surface area contributed by atoms with Crippen LogP contribution in [0, 0.1) is 19.8 Å². The molecular formula is C16H25NO. The van der Waals surface area contributed by atoms with E-state index in [1.54, 1.807) is 7.11 Å². The summed E-state index contributed by atoms with van der Waals surface area (Å²) in [6, 6.07) is 4.31. The fraction of sp³-hybridized carbons (Fsp3) is 0.625. The Kier molecular flexibility index (Phi) is 4.51. The smallest absolute Gasteiger partial charge is 0.126 e. The number of aryl methyl sites for hydroxylation is 1. The minimum Gasteiger partial charge on any atom is -0.496 e. The molecule has 0 atom stereocenters. The molecule has 0 saturated heterocycles. The van der Waals surface area contributed by atoms with E-state index in [2.05, 4.69) is 31.3 Å². The minimum atomic E-state index is 0.852. The second-order valence-corrected chi connectivity index (χ2v) is 5.47. The van der Waals surface area contributed by atoms with Crippen molar-refractivity contribution in [3.8, 4) is 5.75 Å². The molecule has 1 fully saturated rings. The van der Waals surface area contributed by atoms with E-state index in [1.165, 1.54) is 48.9 Å². The molecule has 0 heterocycles. The predicted molar refractivity (Wildman–Crippen MR) is 77.5 cm³/mol. The number of rotatable bonds is 4. The van der Waals surface area contributed by atoms with Gasteiger partial charge in [0.05, 0.1) is 7.11 Å². The number of ether oxygens (including phenoxy) is 1. The normalized spacial score (nSPS) is 16.6. The average Bonchev–Trinajstić information content (AvgIpc) is 2.40. The van der Waals surface area contributed by atoms with Crippen LogP contribution in [0.2, 0.25) is 0 Å². The highest BCUT2D eigenvalue weighted by Crippen LogP contribution is 2.30. The van der Waals surface area contributed by atoms with Crippen LogP contribution in [0.4, 0.5) is 5.69 Å². The molecule has 1 aromatic rings. The van der Waals surface area contributed by atoms with Gasteiger partial charge in [-0.3, -0.25) is 0 Å². The average molecular weight is 247 g/mol. The van der Waals surface area contributed by atoms with Crippen molar-refractivity contribution in [1.29, 1.82) is 0 Å². The quantitative estimate of drug-likeness (QED) is 0.856. The first kappa shape index (κ1) is 13.3. The van der Waals surface area contributed by atoms with Crippen LogP contribution in [0.5, 0.6) is 5.75 Å². The van der Waals surface area contributed by atoms with E-state index in [0.29, 0.717) is 0 Å². The number of nitrogens with one attached hydrogen (secondary N) is 1. The summed E-state index contributed by atoms with van der Waals surface area (Å²) >= 11 is 0. The van der Waals surface area contributed by atoms with Gasteiger partial charge in [-0.15, -0.1) is 0 Å². The van der Waals surface area contributed by atoms with E-state index in [4.69, 9.17) is 4.74 Å². The van der Waals surface area contributed by atoms with Gasteiger partial charge in [0.1, 0.15) is 5.75 Å². The predicted octanol–water partition coefficient (Wildman–Crippen LogP) is 4.30. The number of benzene rings is 1. The summed E-state index contributed by atoms with van der Waals surface area (Å²) in [5.41, 5.74) is 3.66. The molecule has 2 nitrogen and oxygen atoms in total. The van der Waals surface area contributed by atoms with Crippen molar-refractivity contribution in [2.24, 2.45) is 5.92 Å². The summed E-state index contributed by atoms with van der Waals surface area (Å²) in [6.07, 6.45) is 7.00. The van der Waals surface area contributed by atoms with Crippen molar-refractivity contribution in [3.05, 3.63) is 23.3 Å². The zero-order chi connectivity index (χ0) is 13.0. The Morgan fingerprint density at radius 3 is 2.56 bits per heavy atom. The molecule has 0 unspecified atom stereocenters. The molecule has 1 aliphatic rings. The molecule has 1 aliphatic carbocycles. The van der Waals surface area contributed by atoms with Crippen LogP contribution in [0.15, 0.2) is 12.1 Å². The molecule has 0 radical (unpaired) electrons. The highest BCUT2D eigenvalue weighted by Gasteiger charge is 2.14. The first-order chi connectivity index (χ1) is 8.72. The maximum Gasteiger partial charge on any atom is 0.126 e. The van der Waals surface area contributed by atoms with Crippen LogP contribution in [0.25, 0.3) is 0 Å². The SMILES string of the molecule is COc1c(C)ccc(NCC2CCCCC2)c1C. The van der Waals surface area contributed by atoms with Gasteiger partial charge in [0.2, 0.25) is 0 Å². The Hall–Kier alpha value is -1.18. The largest absolute Gasteiger partial charge is 0.496 e. The van der Waals surface area contributed by atoms with E-state index >= 15 is 0 Å². The highest BCUT2D eigenvalue weighted by molar-refractivity contribution is 5.59. The van der Waals surface area contributed by atoms with Crippen LogP contribution in [0.1, 0.15) is 43.2 Å². The first-order valence-corrected chi connectivity index (χ1v) is 7.10. The van der Waals surface area contributed by atoms with Gasteiger partial charge in [-0.1, -0.05) is 25.3 Å². The molecule has 2 heteroatoms. The van der Waals surface area contributed by atoms with Crippen molar-refractivity contribution in [2.45, 2.75) is 46.0 Å². The van der Waals surface area contributed by atoms with E-state index in [-0.39, 0.29) is 0 Å². The maximum atomic E-state index is 5.47. The van der Waals surface area contributed by atoms with Gasteiger partial charge >= 0.3 is 0 Å². The van der Waals surface area contributed by atoms with Crippen LogP contribution in [-0.4, -0.2) is 13.7 Å². The molecule has 0 bridgehead atoms. The van der Waals surface area contributed by atoms with Gasteiger partial charge in [-0.05, 0) is 44.2 Å². The van der Waals surface area contributed by atoms with Crippen LogP contribution < -0.4 is 10.1 Å². The highest BCUT2D eigenvalue weighted by atomic mass is 16.5. The number of hydrogen-bond donors (Lipinski definition) is 1. The van der Waals surface area contributed by atoms with Crippen LogP contribution >= 0.6 is 0 Å². The summed E-state index contributed by atoms with van der Waals surface area (Å²) in [5.74, 6) is 1.87. The molecular weight excluding hydrogens is 222 g/mol. The first-order valence-electron chi connectivity index (χ1n) is 7.10. The van der Waals surface area contributed by atoms with E-state index in [1.807, 2.05) is 0 Å². The van der Waals surface area contributed by atoms with E-state index in [0.717, 1.165) is 18.2 Å². The third-order valence-electron chi connectivity index (χ3n) is 4.11. The second-order valence-electron chi connectivity index (χ2n) is 5.47. The third-order valence-corrected chi connectivity index (χ3v) is 4.11. The topological polar surface area (TPSA) is 21.3 Å².